The van der Waals surface area contributed by atoms with Gasteiger partial charge in [0.15, 0.2) is 17.0 Å². The topological polar surface area (TPSA) is 64.9 Å². The van der Waals surface area contributed by atoms with E-state index >= 15 is 0 Å². The van der Waals surface area contributed by atoms with Crippen molar-refractivity contribution < 1.29 is 4.74 Å². The number of aryl methyl sites for hydroxylation is 1. The average Bonchev–Trinajstić information content (AvgIpc) is 3.07. The standard InChI is InChI=1S/C20H19N5O/c1-25-14-22-17-18(21-12-15-8-4-2-5-9-15)23-20(24-19(17)25)26-13-16-10-6-3-7-11-16/h2-11,14H,12-13H2,1H3,(H,21,23,24). The second-order valence-electron chi connectivity index (χ2n) is 6.00. The van der Waals surface area contributed by atoms with Gasteiger partial charge in [-0.2, -0.15) is 9.97 Å². The molecule has 6 nitrogen and oxygen atoms in total. The third kappa shape index (κ3) is 3.49. The number of anilines is 1. The Hall–Kier alpha value is -3.41. The van der Waals surface area contributed by atoms with E-state index in [0.29, 0.717) is 25.0 Å². The lowest BCUT2D eigenvalue weighted by atomic mass is 10.2. The first-order valence-corrected chi connectivity index (χ1v) is 8.43. The number of benzene rings is 2. The third-order valence-corrected chi connectivity index (χ3v) is 4.05. The van der Waals surface area contributed by atoms with Crippen LogP contribution < -0.4 is 10.1 Å². The first-order chi connectivity index (χ1) is 12.8. The SMILES string of the molecule is Cn1cnc2c(NCc3ccccc3)nc(OCc3ccccc3)nc21. The number of nitrogens with zero attached hydrogens (tertiary/aromatic N) is 4. The van der Waals surface area contributed by atoms with Gasteiger partial charge >= 0.3 is 6.01 Å². The largest absolute Gasteiger partial charge is 0.458 e. The molecule has 0 aliphatic carbocycles. The van der Waals surface area contributed by atoms with E-state index in [1.165, 1.54) is 5.56 Å². The van der Waals surface area contributed by atoms with Crippen molar-refractivity contribution in [2.24, 2.45) is 7.05 Å². The van der Waals surface area contributed by atoms with Crippen LogP contribution in [0, 0.1) is 0 Å². The lowest BCUT2D eigenvalue weighted by Crippen LogP contribution is -2.06. The molecule has 0 unspecified atom stereocenters. The Morgan fingerprint density at radius 2 is 1.62 bits per heavy atom. The summed E-state index contributed by atoms with van der Waals surface area (Å²) in [6.45, 7) is 1.07. The van der Waals surface area contributed by atoms with Gasteiger partial charge in [-0.3, -0.25) is 0 Å². The molecule has 0 bridgehead atoms. The van der Waals surface area contributed by atoms with Gasteiger partial charge in [-0.15, -0.1) is 0 Å². The zero-order chi connectivity index (χ0) is 17.8. The Labute approximate surface area is 151 Å². The molecule has 0 atom stereocenters. The molecule has 2 aromatic carbocycles. The van der Waals surface area contributed by atoms with E-state index in [2.05, 4.69) is 32.4 Å². The molecule has 6 heteroatoms. The summed E-state index contributed by atoms with van der Waals surface area (Å²) in [5, 5.41) is 3.35. The van der Waals surface area contributed by atoms with Gasteiger partial charge in [-0.05, 0) is 11.1 Å². The fourth-order valence-corrected chi connectivity index (χ4v) is 2.68. The van der Waals surface area contributed by atoms with Gasteiger partial charge in [-0.1, -0.05) is 60.7 Å². The van der Waals surface area contributed by atoms with Crippen LogP contribution >= 0.6 is 0 Å². The van der Waals surface area contributed by atoms with Gasteiger partial charge in [0, 0.05) is 13.6 Å². The maximum Gasteiger partial charge on any atom is 0.320 e. The van der Waals surface area contributed by atoms with E-state index in [-0.39, 0.29) is 0 Å². The van der Waals surface area contributed by atoms with Crippen LogP contribution in [0.15, 0.2) is 67.0 Å². The van der Waals surface area contributed by atoms with Crippen LogP contribution in [0.1, 0.15) is 11.1 Å². The van der Waals surface area contributed by atoms with E-state index in [1.54, 1.807) is 6.33 Å². The highest BCUT2D eigenvalue weighted by Crippen LogP contribution is 2.22. The van der Waals surface area contributed by atoms with Crippen molar-refractivity contribution in [3.63, 3.8) is 0 Å². The summed E-state index contributed by atoms with van der Waals surface area (Å²) in [7, 11) is 1.91. The molecule has 0 saturated carbocycles. The summed E-state index contributed by atoms with van der Waals surface area (Å²) in [5.41, 5.74) is 3.70. The van der Waals surface area contributed by atoms with Gasteiger partial charge < -0.3 is 14.6 Å². The van der Waals surface area contributed by atoms with Gasteiger partial charge in [0.1, 0.15) is 6.61 Å². The van der Waals surface area contributed by atoms with E-state index in [9.17, 15) is 0 Å². The number of rotatable bonds is 6. The molecule has 0 aliphatic rings. The summed E-state index contributed by atoms with van der Waals surface area (Å²) < 4.78 is 7.68. The van der Waals surface area contributed by atoms with Crippen LogP contribution in [0.5, 0.6) is 6.01 Å². The molecule has 4 rings (SSSR count). The maximum absolute atomic E-state index is 5.81. The molecular weight excluding hydrogens is 326 g/mol. The lowest BCUT2D eigenvalue weighted by molar-refractivity contribution is 0.282. The Morgan fingerprint density at radius 3 is 2.35 bits per heavy atom. The molecule has 0 saturated heterocycles. The molecule has 0 radical (unpaired) electrons. The third-order valence-electron chi connectivity index (χ3n) is 4.05. The Morgan fingerprint density at radius 1 is 0.923 bits per heavy atom. The molecule has 0 fully saturated rings. The lowest BCUT2D eigenvalue weighted by Gasteiger charge is -2.10. The monoisotopic (exact) mass is 345 g/mol. The van der Waals surface area contributed by atoms with Gasteiger partial charge in [0.25, 0.3) is 0 Å². The molecule has 2 heterocycles. The summed E-state index contributed by atoms with van der Waals surface area (Å²) >= 11 is 0. The van der Waals surface area contributed by atoms with Crippen molar-refractivity contribution in [3.05, 3.63) is 78.1 Å². The number of hydrogen-bond acceptors (Lipinski definition) is 5. The molecule has 130 valence electrons. The van der Waals surface area contributed by atoms with Crippen LogP contribution in [-0.4, -0.2) is 19.5 Å². The minimum Gasteiger partial charge on any atom is -0.458 e. The highest BCUT2D eigenvalue weighted by Gasteiger charge is 2.13. The van der Waals surface area contributed by atoms with E-state index in [0.717, 1.165) is 16.7 Å². The fourth-order valence-electron chi connectivity index (χ4n) is 2.68. The van der Waals surface area contributed by atoms with Gasteiger partial charge in [0.05, 0.1) is 6.33 Å². The number of ether oxygens (including phenoxy) is 1. The Kier molecular flexibility index (Phi) is 4.47. The maximum atomic E-state index is 5.81. The van der Waals surface area contributed by atoms with Crippen molar-refractivity contribution in [3.8, 4) is 6.01 Å². The Bertz CT molecular complexity index is 999. The van der Waals surface area contributed by atoms with Crippen LogP contribution in [0.3, 0.4) is 0 Å². The predicted molar refractivity (Wildman–Crippen MR) is 101 cm³/mol. The molecule has 1 N–H and O–H groups in total. The molecule has 26 heavy (non-hydrogen) atoms. The highest BCUT2D eigenvalue weighted by atomic mass is 16.5. The van der Waals surface area contributed by atoms with Crippen molar-refractivity contribution in [2.75, 3.05) is 5.32 Å². The molecule has 0 amide bonds. The quantitative estimate of drug-likeness (QED) is 0.579. The first kappa shape index (κ1) is 16.1. The van der Waals surface area contributed by atoms with Crippen molar-refractivity contribution in [1.82, 2.24) is 19.5 Å². The summed E-state index contributed by atoms with van der Waals surface area (Å²) in [5.74, 6) is 0.669. The van der Waals surface area contributed by atoms with Crippen LogP contribution in [0.25, 0.3) is 11.2 Å². The van der Waals surface area contributed by atoms with Crippen molar-refractivity contribution in [2.45, 2.75) is 13.2 Å². The van der Waals surface area contributed by atoms with Crippen molar-refractivity contribution in [1.29, 1.82) is 0 Å². The van der Waals surface area contributed by atoms with Crippen LogP contribution in [0.4, 0.5) is 5.82 Å². The first-order valence-electron chi connectivity index (χ1n) is 8.43. The fraction of sp³-hybridized carbons (Fsp3) is 0.150. The van der Waals surface area contributed by atoms with Crippen LogP contribution in [0.2, 0.25) is 0 Å². The summed E-state index contributed by atoms with van der Waals surface area (Å²) in [6, 6.07) is 20.5. The van der Waals surface area contributed by atoms with Gasteiger partial charge in [0.2, 0.25) is 0 Å². The number of fused-ring (bicyclic) bond motifs is 1. The molecule has 0 aliphatic heterocycles. The molecular formula is C20H19N5O. The second kappa shape index (κ2) is 7.23. The predicted octanol–water partition coefficient (Wildman–Crippen LogP) is 3.55. The van der Waals surface area contributed by atoms with E-state index in [4.69, 9.17) is 4.74 Å². The number of hydrogen-bond donors (Lipinski definition) is 1. The molecule has 4 aromatic rings. The smallest absolute Gasteiger partial charge is 0.320 e. The highest BCUT2D eigenvalue weighted by molar-refractivity contribution is 5.83. The normalized spacial score (nSPS) is 10.8. The number of imidazole rings is 1. The second-order valence-corrected chi connectivity index (χ2v) is 6.00. The Balaban J connectivity index is 1.59. The molecule has 0 spiro atoms. The summed E-state index contributed by atoms with van der Waals surface area (Å²) in [4.78, 5) is 13.4. The summed E-state index contributed by atoms with van der Waals surface area (Å²) in [6.07, 6.45) is 1.73. The minimum atomic E-state index is 0.334. The number of nitrogens with one attached hydrogen (secondary N) is 1. The van der Waals surface area contributed by atoms with Crippen LogP contribution in [-0.2, 0) is 20.2 Å². The minimum absolute atomic E-state index is 0.334. The van der Waals surface area contributed by atoms with Gasteiger partial charge in [-0.25, -0.2) is 4.98 Å². The molecule has 2 aromatic heterocycles. The van der Waals surface area contributed by atoms with Crippen molar-refractivity contribution >= 4 is 17.0 Å². The average molecular weight is 345 g/mol. The zero-order valence-electron chi connectivity index (χ0n) is 14.5. The zero-order valence-corrected chi connectivity index (χ0v) is 14.5. The van der Waals surface area contributed by atoms with E-state index < -0.39 is 0 Å². The number of aromatic nitrogens is 4. The van der Waals surface area contributed by atoms with E-state index in [1.807, 2.05) is 60.1 Å².